The van der Waals surface area contributed by atoms with Crippen LogP contribution in [0.25, 0.3) is 0 Å². The number of carbonyl (C=O) groups excluding carboxylic acids is 1. The quantitative estimate of drug-likeness (QED) is 0.754. The Bertz CT molecular complexity index is 745. The van der Waals surface area contributed by atoms with E-state index in [-0.39, 0.29) is 30.1 Å². The first-order valence-electron chi connectivity index (χ1n) is 8.16. The fraction of sp³-hybridized carbons (Fsp3) is 0.688. The number of nitrogens with one attached hydrogen (secondary N) is 1. The minimum atomic E-state index is -0.582. The molecule has 2 aliphatic rings. The summed E-state index contributed by atoms with van der Waals surface area (Å²) < 4.78 is 6.66. The fourth-order valence-electron chi connectivity index (χ4n) is 3.87. The average molecular weight is 337 g/mol. The van der Waals surface area contributed by atoms with E-state index in [0.29, 0.717) is 37.9 Å². The molecule has 132 valence electrons. The number of likely N-dealkylation sites (tertiary alicyclic amines) is 1. The number of aromatic nitrogens is 2. The number of piperidine rings is 1. The van der Waals surface area contributed by atoms with Gasteiger partial charge in [0.25, 0.3) is 5.56 Å². The number of aliphatic hydroxyl groups is 1. The minimum Gasteiger partial charge on any atom is -0.392 e. The van der Waals surface area contributed by atoms with Gasteiger partial charge in [0.1, 0.15) is 6.54 Å². The van der Waals surface area contributed by atoms with Gasteiger partial charge in [0.15, 0.2) is 0 Å². The monoisotopic (exact) mass is 337 g/mol. The number of hydrogen-bond donors (Lipinski definition) is 2. The van der Waals surface area contributed by atoms with E-state index in [9.17, 15) is 19.5 Å². The van der Waals surface area contributed by atoms with Crippen molar-refractivity contribution < 1.29 is 14.6 Å². The van der Waals surface area contributed by atoms with Crippen LogP contribution in [0.1, 0.15) is 24.8 Å². The Labute approximate surface area is 139 Å². The molecule has 1 saturated carbocycles. The Morgan fingerprint density at radius 3 is 2.67 bits per heavy atom. The molecule has 24 heavy (non-hydrogen) atoms. The molecule has 3 rings (SSSR count). The second kappa shape index (κ2) is 6.18. The van der Waals surface area contributed by atoms with Crippen LogP contribution in [0.5, 0.6) is 0 Å². The highest BCUT2D eigenvalue weighted by atomic mass is 16.5. The highest BCUT2D eigenvalue weighted by molar-refractivity contribution is 5.76. The van der Waals surface area contributed by atoms with Gasteiger partial charge in [-0.15, -0.1) is 0 Å². The van der Waals surface area contributed by atoms with Crippen LogP contribution < -0.4 is 11.2 Å². The molecule has 1 aliphatic carbocycles. The molecule has 0 bridgehead atoms. The maximum Gasteiger partial charge on any atom is 0.328 e. The van der Waals surface area contributed by atoms with Crippen molar-refractivity contribution in [2.24, 2.45) is 5.41 Å². The lowest BCUT2D eigenvalue weighted by molar-refractivity contribution is -0.202. The Morgan fingerprint density at radius 2 is 2.08 bits per heavy atom. The van der Waals surface area contributed by atoms with Gasteiger partial charge < -0.3 is 14.7 Å². The zero-order valence-electron chi connectivity index (χ0n) is 13.9. The Hall–Kier alpha value is -1.93. The van der Waals surface area contributed by atoms with Crippen molar-refractivity contribution in [3.05, 3.63) is 32.6 Å². The van der Waals surface area contributed by atoms with E-state index >= 15 is 0 Å². The van der Waals surface area contributed by atoms with Gasteiger partial charge in [0.2, 0.25) is 5.91 Å². The molecule has 1 amide bonds. The van der Waals surface area contributed by atoms with Crippen LogP contribution in [0.15, 0.2) is 15.8 Å². The third-order valence-corrected chi connectivity index (χ3v) is 5.57. The fourth-order valence-corrected chi connectivity index (χ4v) is 3.87. The van der Waals surface area contributed by atoms with Crippen LogP contribution in [-0.4, -0.2) is 57.9 Å². The molecular weight excluding hydrogens is 314 g/mol. The largest absolute Gasteiger partial charge is 0.392 e. The molecule has 1 aromatic rings. The number of nitrogens with zero attached hydrogens (tertiary/aromatic N) is 2. The molecule has 1 saturated heterocycles. The normalized spacial score (nSPS) is 25.5. The number of methoxy groups -OCH3 is 1. The molecule has 0 unspecified atom stereocenters. The van der Waals surface area contributed by atoms with Gasteiger partial charge >= 0.3 is 5.69 Å². The Kier molecular flexibility index (Phi) is 4.35. The number of aliphatic hydroxyl groups excluding tert-OH is 1. The number of hydrogen-bond acceptors (Lipinski definition) is 5. The topological polar surface area (TPSA) is 105 Å². The van der Waals surface area contributed by atoms with E-state index < -0.39 is 11.2 Å². The Balaban J connectivity index is 1.65. The summed E-state index contributed by atoms with van der Waals surface area (Å²) in [4.78, 5) is 39.5. The second-order valence-electron chi connectivity index (χ2n) is 6.79. The number of aryl methyl sites for hydroxylation is 1. The van der Waals surface area contributed by atoms with Crippen molar-refractivity contribution in [2.75, 3.05) is 20.2 Å². The first-order chi connectivity index (χ1) is 11.4. The lowest BCUT2D eigenvalue weighted by Crippen LogP contribution is -2.62. The average Bonchev–Trinajstić information content (AvgIpc) is 2.57. The summed E-state index contributed by atoms with van der Waals surface area (Å²) in [6, 6.07) is 0. The van der Waals surface area contributed by atoms with Crippen molar-refractivity contribution in [1.29, 1.82) is 0 Å². The van der Waals surface area contributed by atoms with Gasteiger partial charge in [-0.2, -0.15) is 0 Å². The smallest absolute Gasteiger partial charge is 0.328 e. The Morgan fingerprint density at radius 1 is 1.42 bits per heavy atom. The minimum absolute atomic E-state index is 0.0502. The van der Waals surface area contributed by atoms with Crippen LogP contribution in [0, 0.1) is 12.3 Å². The molecule has 0 radical (unpaired) electrons. The standard InChI is InChI=1S/C16H23N3O5/c1-10-8-19(15(23)17-14(10)22)9-13(21)18-5-3-16(4-6-18)11(20)7-12(16)24-2/h8,11-12,20H,3-7,9H2,1-2H3,(H,17,22,23)/t11-,12+/m0/s1. The first-order valence-corrected chi connectivity index (χ1v) is 8.16. The lowest BCUT2D eigenvalue weighted by atomic mass is 9.58. The van der Waals surface area contributed by atoms with Crippen molar-refractivity contribution in [2.45, 2.75) is 44.9 Å². The lowest BCUT2D eigenvalue weighted by Gasteiger charge is -2.56. The number of ether oxygens (including phenoxy) is 1. The summed E-state index contributed by atoms with van der Waals surface area (Å²) >= 11 is 0. The van der Waals surface area contributed by atoms with E-state index in [1.165, 1.54) is 10.8 Å². The van der Waals surface area contributed by atoms with Crippen LogP contribution in [-0.2, 0) is 16.1 Å². The molecule has 8 heteroatoms. The molecule has 2 atom stereocenters. The molecule has 2 heterocycles. The van der Waals surface area contributed by atoms with Gasteiger partial charge in [-0.1, -0.05) is 0 Å². The zero-order chi connectivity index (χ0) is 17.5. The number of aromatic amines is 1. The summed E-state index contributed by atoms with van der Waals surface area (Å²) in [6.45, 7) is 2.56. The summed E-state index contributed by atoms with van der Waals surface area (Å²) in [5, 5.41) is 10.1. The molecule has 1 aliphatic heterocycles. The summed E-state index contributed by atoms with van der Waals surface area (Å²) in [6.07, 6.45) is 3.12. The number of amides is 1. The second-order valence-corrected chi connectivity index (χ2v) is 6.79. The maximum absolute atomic E-state index is 12.4. The predicted molar refractivity (Wildman–Crippen MR) is 85.7 cm³/mol. The molecule has 0 aromatic carbocycles. The molecular formula is C16H23N3O5. The van der Waals surface area contributed by atoms with Gasteiger partial charge in [0, 0.05) is 43.8 Å². The van der Waals surface area contributed by atoms with Gasteiger partial charge in [-0.25, -0.2) is 4.79 Å². The maximum atomic E-state index is 12.4. The molecule has 8 nitrogen and oxygen atoms in total. The molecule has 1 aromatic heterocycles. The number of H-pyrrole nitrogens is 1. The van der Waals surface area contributed by atoms with Crippen molar-refractivity contribution in [3.63, 3.8) is 0 Å². The third-order valence-electron chi connectivity index (χ3n) is 5.57. The van der Waals surface area contributed by atoms with Crippen LogP contribution >= 0.6 is 0 Å². The van der Waals surface area contributed by atoms with Gasteiger partial charge in [-0.05, 0) is 19.8 Å². The predicted octanol–water partition coefficient (Wildman–Crippen LogP) is -0.767. The molecule has 1 spiro atoms. The van der Waals surface area contributed by atoms with E-state index in [2.05, 4.69) is 4.98 Å². The van der Waals surface area contributed by atoms with Crippen molar-refractivity contribution >= 4 is 5.91 Å². The van der Waals surface area contributed by atoms with Crippen LogP contribution in [0.2, 0.25) is 0 Å². The summed E-state index contributed by atoms with van der Waals surface area (Å²) in [5.41, 5.74) is -0.869. The van der Waals surface area contributed by atoms with Crippen LogP contribution in [0.4, 0.5) is 0 Å². The molecule has 2 fully saturated rings. The van der Waals surface area contributed by atoms with Crippen molar-refractivity contribution in [3.8, 4) is 0 Å². The van der Waals surface area contributed by atoms with Gasteiger partial charge in [0.05, 0.1) is 12.2 Å². The first kappa shape index (κ1) is 16.9. The number of carbonyl (C=O) groups is 1. The van der Waals surface area contributed by atoms with Crippen LogP contribution in [0.3, 0.4) is 0 Å². The highest BCUT2D eigenvalue weighted by Crippen LogP contribution is 2.50. The third kappa shape index (κ3) is 2.69. The summed E-state index contributed by atoms with van der Waals surface area (Å²) in [5.74, 6) is -0.166. The SMILES string of the molecule is CO[C@@H]1C[C@H](O)C12CCN(C(=O)Cn1cc(C)c(=O)[nH]c1=O)CC2. The van der Waals surface area contributed by atoms with E-state index in [4.69, 9.17) is 4.74 Å². The van der Waals surface area contributed by atoms with E-state index in [1.54, 1.807) is 18.9 Å². The molecule has 2 N–H and O–H groups in total. The van der Waals surface area contributed by atoms with E-state index in [0.717, 1.165) is 0 Å². The summed E-state index contributed by atoms with van der Waals surface area (Å²) in [7, 11) is 1.65. The van der Waals surface area contributed by atoms with Gasteiger partial charge in [-0.3, -0.25) is 19.1 Å². The van der Waals surface area contributed by atoms with Crippen molar-refractivity contribution in [1.82, 2.24) is 14.5 Å². The highest BCUT2D eigenvalue weighted by Gasteiger charge is 2.56. The zero-order valence-corrected chi connectivity index (χ0v) is 13.9. The van der Waals surface area contributed by atoms with E-state index in [1.807, 2.05) is 0 Å². The number of rotatable bonds is 3.